The molecule has 0 heterocycles. The third kappa shape index (κ3) is 7.36. The maximum absolute atomic E-state index is 14.0. The third-order valence-corrected chi connectivity index (χ3v) is 8.35. The van der Waals surface area contributed by atoms with E-state index in [1.807, 2.05) is 6.92 Å². The van der Waals surface area contributed by atoms with Gasteiger partial charge in [0.1, 0.15) is 12.6 Å². The number of nitrogens with one attached hydrogen (secondary N) is 1. The molecule has 12 heteroatoms. The van der Waals surface area contributed by atoms with Gasteiger partial charge in [0, 0.05) is 30.2 Å². The zero-order valence-corrected chi connectivity index (χ0v) is 23.8. The molecular formula is C28H31ClN4O6S. The molecule has 3 aromatic carbocycles. The predicted octanol–water partition coefficient (Wildman–Crippen LogP) is 4.78. The summed E-state index contributed by atoms with van der Waals surface area (Å²) in [6.45, 7) is 3.40. The van der Waals surface area contributed by atoms with E-state index >= 15 is 0 Å². The summed E-state index contributed by atoms with van der Waals surface area (Å²) in [7, 11) is -4.27. The zero-order chi connectivity index (χ0) is 29.3. The number of halogens is 1. The van der Waals surface area contributed by atoms with Crippen LogP contribution in [0.5, 0.6) is 0 Å². The number of rotatable bonds is 13. The lowest BCUT2D eigenvalue weighted by molar-refractivity contribution is -0.384. The number of carbonyl (C=O) groups is 2. The second-order valence-electron chi connectivity index (χ2n) is 8.93. The van der Waals surface area contributed by atoms with Gasteiger partial charge in [0.15, 0.2) is 0 Å². The molecule has 0 saturated heterocycles. The van der Waals surface area contributed by atoms with Crippen molar-refractivity contribution < 1.29 is 22.9 Å². The highest BCUT2D eigenvalue weighted by Gasteiger charge is 2.34. The first-order chi connectivity index (χ1) is 19.1. The maximum Gasteiger partial charge on any atom is 0.269 e. The van der Waals surface area contributed by atoms with Crippen molar-refractivity contribution in [3.05, 3.63) is 99.6 Å². The maximum atomic E-state index is 14.0. The van der Waals surface area contributed by atoms with Gasteiger partial charge in [-0.3, -0.25) is 24.0 Å². The van der Waals surface area contributed by atoms with E-state index in [0.717, 1.165) is 4.31 Å². The summed E-state index contributed by atoms with van der Waals surface area (Å²) >= 11 is 6.38. The summed E-state index contributed by atoms with van der Waals surface area (Å²) < 4.78 is 28.4. The Labute approximate surface area is 238 Å². The number of hydrogen-bond acceptors (Lipinski definition) is 6. The highest BCUT2D eigenvalue weighted by Crippen LogP contribution is 2.27. The van der Waals surface area contributed by atoms with E-state index < -0.39 is 33.4 Å². The zero-order valence-electron chi connectivity index (χ0n) is 22.2. The van der Waals surface area contributed by atoms with E-state index in [9.17, 15) is 28.1 Å². The van der Waals surface area contributed by atoms with Crippen LogP contribution < -0.4 is 9.62 Å². The van der Waals surface area contributed by atoms with Crippen LogP contribution >= 0.6 is 11.6 Å². The average Bonchev–Trinajstić information content (AvgIpc) is 2.96. The van der Waals surface area contributed by atoms with Crippen LogP contribution in [0, 0.1) is 10.1 Å². The van der Waals surface area contributed by atoms with Crippen LogP contribution in [0.4, 0.5) is 11.4 Å². The van der Waals surface area contributed by atoms with Gasteiger partial charge in [-0.25, -0.2) is 8.42 Å². The van der Waals surface area contributed by atoms with Gasteiger partial charge >= 0.3 is 0 Å². The van der Waals surface area contributed by atoms with Crippen LogP contribution in [0.1, 0.15) is 32.3 Å². The Kier molecular flexibility index (Phi) is 10.6. The van der Waals surface area contributed by atoms with Crippen LogP contribution in [0.2, 0.25) is 5.02 Å². The summed E-state index contributed by atoms with van der Waals surface area (Å²) in [5.74, 6) is -1.01. The Balaban J connectivity index is 2.07. The number of sulfonamides is 1. The van der Waals surface area contributed by atoms with Gasteiger partial charge in [-0.1, -0.05) is 61.8 Å². The molecule has 10 nitrogen and oxygen atoms in total. The second kappa shape index (κ2) is 13.9. The Bertz CT molecular complexity index is 1430. The lowest BCUT2D eigenvalue weighted by Gasteiger charge is -2.33. The fraction of sp³-hybridized carbons (Fsp3) is 0.286. The Morgan fingerprint density at radius 1 is 0.975 bits per heavy atom. The van der Waals surface area contributed by atoms with E-state index in [1.54, 1.807) is 49.4 Å². The van der Waals surface area contributed by atoms with Crippen LogP contribution in [0.25, 0.3) is 0 Å². The smallest absolute Gasteiger partial charge is 0.269 e. The molecule has 0 radical (unpaired) electrons. The van der Waals surface area contributed by atoms with Gasteiger partial charge in [0.25, 0.3) is 15.7 Å². The van der Waals surface area contributed by atoms with E-state index in [1.165, 1.54) is 41.3 Å². The van der Waals surface area contributed by atoms with Gasteiger partial charge in [-0.15, -0.1) is 0 Å². The number of amides is 2. The van der Waals surface area contributed by atoms with E-state index in [0.29, 0.717) is 23.6 Å². The number of nitrogens with zero attached hydrogens (tertiary/aromatic N) is 3. The molecule has 0 aromatic heterocycles. The number of nitro groups is 1. The van der Waals surface area contributed by atoms with Gasteiger partial charge in [0.2, 0.25) is 11.8 Å². The largest absolute Gasteiger partial charge is 0.354 e. The van der Waals surface area contributed by atoms with Gasteiger partial charge in [0.05, 0.1) is 15.5 Å². The average molecular weight is 587 g/mol. The van der Waals surface area contributed by atoms with Crippen LogP contribution in [-0.4, -0.2) is 49.2 Å². The van der Waals surface area contributed by atoms with Crippen molar-refractivity contribution in [3.63, 3.8) is 0 Å². The topological polar surface area (TPSA) is 130 Å². The quantitative estimate of drug-likeness (QED) is 0.227. The van der Waals surface area contributed by atoms with Crippen molar-refractivity contribution in [1.82, 2.24) is 10.2 Å². The minimum Gasteiger partial charge on any atom is -0.354 e. The Morgan fingerprint density at radius 3 is 2.17 bits per heavy atom. The molecule has 0 aliphatic rings. The molecule has 0 spiro atoms. The van der Waals surface area contributed by atoms with Gasteiger partial charge < -0.3 is 10.2 Å². The molecule has 0 saturated carbocycles. The number of hydrogen-bond donors (Lipinski definition) is 1. The fourth-order valence-corrected chi connectivity index (χ4v) is 5.72. The highest BCUT2D eigenvalue weighted by molar-refractivity contribution is 7.92. The molecule has 0 aliphatic heterocycles. The lowest BCUT2D eigenvalue weighted by atomic mass is 10.1. The van der Waals surface area contributed by atoms with Gasteiger partial charge in [-0.2, -0.15) is 0 Å². The molecule has 1 unspecified atom stereocenters. The first-order valence-corrected chi connectivity index (χ1v) is 14.5. The fourth-order valence-electron chi connectivity index (χ4n) is 4.08. The van der Waals surface area contributed by atoms with Crippen molar-refractivity contribution in [3.8, 4) is 0 Å². The monoisotopic (exact) mass is 586 g/mol. The third-order valence-electron chi connectivity index (χ3n) is 6.19. The molecule has 2 amide bonds. The molecule has 1 N–H and O–H groups in total. The first-order valence-electron chi connectivity index (χ1n) is 12.7. The molecular weight excluding hydrogens is 556 g/mol. The molecule has 212 valence electrons. The normalized spacial score (nSPS) is 11.9. The highest BCUT2D eigenvalue weighted by atomic mass is 35.5. The van der Waals surface area contributed by atoms with Crippen molar-refractivity contribution in [1.29, 1.82) is 0 Å². The molecule has 3 aromatic rings. The van der Waals surface area contributed by atoms with Crippen molar-refractivity contribution in [2.45, 2.75) is 44.2 Å². The standard InChI is InChI=1S/C28H31ClN4O6S/c1-3-18-30-28(35)26(4-2)31(19-21-10-8-9-13-25(21)29)27(34)20-32(22-14-16-23(17-15-22)33(36)37)40(38,39)24-11-6-5-7-12-24/h5-17,26H,3-4,18-20H2,1-2H3,(H,30,35). The van der Waals surface area contributed by atoms with E-state index in [-0.39, 0.29) is 35.1 Å². The molecule has 0 fully saturated rings. The van der Waals surface area contributed by atoms with Gasteiger partial charge in [-0.05, 0) is 48.7 Å². The van der Waals surface area contributed by atoms with Crippen molar-refractivity contribution in [2.24, 2.45) is 0 Å². The SMILES string of the molecule is CCCNC(=O)C(CC)N(Cc1ccccc1Cl)C(=O)CN(c1ccc([N+](=O)[O-])cc1)S(=O)(=O)c1ccccc1. The number of nitro benzene ring substituents is 1. The summed E-state index contributed by atoms with van der Waals surface area (Å²) in [5.41, 5.74) is 0.419. The molecule has 0 bridgehead atoms. The molecule has 0 aliphatic carbocycles. The lowest BCUT2D eigenvalue weighted by Crippen LogP contribution is -2.52. The first kappa shape index (κ1) is 30.6. The number of non-ortho nitro benzene ring substituents is 1. The second-order valence-corrected chi connectivity index (χ2v) is 11.2. The Hall–Kier alpha value is -3.96. The van der Waals surface area contributed by atoms with Crippen molar-refractivity contribution in [2.75, 3.05) is 17.4 Å². The van der Waals surface area contributed by atoms with Crippen LogP contribution in [0.3, 0.4) is 0 Å². The predicted molar refractivity (Wildman–Crippen MR) is 153 cm³/mol. The van der Waals surface area contributed by atoms with Crippen molar-refractivity contribution >= 4 is 44.8 Å². The number of anilines is 1. The molecule has 40 heavy (non-hydrogen) atoms. The minimum absolute atomic E-state index is 0.0317. The summed E-state index contributed by atoms with van der Waals surface area (Å²) in [5, 5.41) is 14.4. The Morgan fingerprint density at radius 2 is 1.60 bits per heavy atom. The van der Waals surface area contributed by atoms with E-state index in [4.69, 9.17) is 11.6 Å². The van der Waals surface area contributed by atoms with Crippen LogP contribution in [0.15, 0.2) is 83.8 Å². The number of carbonyl (C=O) groups excluding carboxylic acids is 2. The molecule has 1 atom stereocenters. The summed E-state index contributed by atoms with van der Waals surface area (Å²) in [6, 6.07) is 18.4. The molecule has 3 rings (SSSR count). The summed E-state index contributed by atoms with van der Waals surface area (Å²) in [4.78, 5) is 38.9. The van der Waals surface area contributed by atoms with E-state index in [2.05, 4.69) is 5.32 Å². The minimum atomic E-state index is -4.27. The number of benzene rings is 3. The summed E-state index contributed by atoms with van der Waals surface area (Å²) in [6.07, 6.45) is 0.971. The van der Waals surface area contributed by atoms with Crippen LogP contribution in [-0.2, 0) is 26.2 Å².